The maximum atomic E-state index is 14.0. The van der Waals surface area contributed by atoms with Crippen LogP contribution in [-0.2, 0) is 16.1 Å². The van der Waals surface area contributed by atoms with Gasteiger partial charge in [-0.25, -0.2) is 14.6 Å². The molecule has 0 radical (unpaired) electrons. The Morgan fingerprint density at radius 1 is 1.09 bits per heavy atom. The molecular weight excluding hydrogens is 613 g/mol. The van der Waals surface area contributed by atoms with Gasteiger partial charge in [0.25, 0.3) is 5.56 Å². The van der Waals surface area contributed by atoms with Gasteiger partial charge < -0.3 is 19.3 Å². The van der Waals surface area contributed by atoms with Crippen LogP contribution in [0.25, 0.3) is 6.08 Å². The zero-order valence-electron chi connectivity index (χ0n) is 25.4. The third kappa shape index (κ3) is 6.89. The Balaban J connectivity index is 1.52. The number of allylic oxidation sites excluding steroid dienone is 1. The van der Waals surface area contributed by atoms with Gasteiger partial charge in [-0.15, -0.1) is 11.8 Å². The number of methoxy groups -OCH3 is 1. The number of esters is 1. The molecule has 5 rings (SSSR count). The van der Waals surface area contributed by atoms with E-state index in [0.29, 0.717) is 43.2 Å². The van der Waals surface area contributed by atoms with Gasteiger partial charge in [0.05, 0.1) is 40.6 Å². The van der Waals surface area contributed by atoms with E-state index in [4.69, 9.17) is 14.2 Å². The standard InChI is InChI=1S/C34H32N2O7S2/c1-19(2)43-33(40)29-20(3)35-34-36(30(29)23-10-12-25(44-5)13-11-23)31(37)28(45-34)17-21-9-14-26(27(16-21)41-4)42-18-22-7-6-8-24(15-22)32(38)39/h6-17,19,30H,18H2,1-5H3,(H,38,39)/b28-17-/t30-/m1/s1. The van der Waals surface area contributed by atoms with E-state index in [2.05, 4.69) is 4.99 Å². The fourth-order valence-electron chi connectivity index (χ4n) is 4.96. The third-order valence-corrected chi connectivity index (χ3v) is 8.80. The number of fused-ring (bicyclic) bond motifs is 1. The minimum atomic E-state index is -1.01. The van der Waals surface area contributed by atoms with E-state index in [0.717, 1.165) is 10.5 Å². The van der Waals surface area contributed by atoms with Crippen LogP contribution in [-0.4, -0.2) is 41.1 Å². The molecule has 1 N–H and O–H groups in total. The Morgan fingerprint density at radius 2 is 1.84 bits per heavy atom. The molecule has 11 heteroatoms. The Hall–Kier alpha value is -4.61. The van der Waals surface area contributed by atoms with E-state index in [1.807, 2.05) is 30.5 Å². The lowest BCUT2D eigenvalue weighted by molar-refractivity contribution is -0.143. The predicted molar refractivity (Wildman–Crippen MR) is 174 cm³/mol. The molecule has 3 aromatic carbocycles. The molecule has 0 unspecified atom stereocenters. The van der Waals surface area contributed by atoms with Crippen LogP contribution in [0.5, 0.6) is 11.5 Å². The summed E-state index contributed by atoms with van der Waals surface area (Å²) in [6.07, 6.45) is 3.41. The summed E-state index contributed by atoms with van der Waals surface area (Å²) in [6, 6.07) is 18.9. The van der Waals surface area contributed by atoms with E-state index in [1.54, 1.807) is 79.6 Å². The minimum absolute atomic E-state index is 0.147. The van der Waals surface area contributed by atoms with Gasteiger partial charge in [-0.3, -0.25) is 9.36 Å². The summed E-state index contributed by atoms with van der Waals surface area (Å²) >= 11 is 2.85. The number of carboxylic acid groups (broad SMARTS) is 1. The molecule has 9 nitrogen and oxygen atoms in total. The van der Waals surface area contributed by atoms with Crippen LogP contribution in [0.15, 0.2) is 92.7 Å². The molecule has 0 aliphatic carbocycles. The zero-order chi connectivity index (χ0) is 32.2. The average Bonchev–Trinajstić information content (AvgIpc) is 3.32. The molecular formula is C34H32N2O7S2. The highest BCUT2D eigenvalue weighted by Crippen LogP contribution is 2.32. The van der Waals surface area contributed by atoms with E-state index < -0.39 is 18.0 Å². The maximum absolute atomic E-state index is 14.0. The van der Waals surface area contributed by atoms with Crippen molar-refractivity contribution < 1.29 is 28.9 Å². The molecule has 2 heterocycles. The number of hydrogen-bond acceptors (Lipinski definition) is 9. The van der Waals surface area contributed by atoms with Crippen molar-refractivity contribution >= 4 is 41.1 Å². The van der Waals surface area contributed by atoms with Crippen molar-refractivity contribution in [2.45, 2.75) is 44.4 Å². The van der Waals surface area contributed by atoms with E-state index in [1.165, 1.54) is 24.5 Å². The Kier molecular flexibility index (Phi) is 9.60. The zero-order valence-corrected chi connectivity index (χ0v) is 27.0. The molecule has 45 heavy (non-hydrogen) atoms. The summed E-state index contributed by atoms with van der Waals surface area (Å²) < 4.78 is 19.1. The number of aromatic carboxylic acids is 1. The average molecular weight is 645 g/mol. The molecule has 0 spiro atoms. The van der Waals surface area contributed by atoms with E-state index in [9.17, 15) is 19.5 Å². The predicted octanol–water partition coefficient (Wildman–Crippen LogP) is 5.19. The lowest BCUT2D eigenvalue weighted by atomic mass is 9.96. The first-order valence-corrected chi connectivity index (χ1v) is 16.1. The van der Waals surface area contributed by atoms with Gasteiger partial charge in [0.15, 0.2) is 16.3 Å². The van der Waals surface area contributed by atoms with Crippen LogP contribution in [0.3, 0.4) is 0 Å². The van der Waals surface area contributed by atoms with Crippen LogP contribution < -0.4 is 24.4 Å². The molecule has 232 valence electrons. The molecule has 1 atom stereocenters. The lowest BCUT2D eigenvalue weighted by Gasteiger charge is -2.25. The molecule has 4 aromatic rings. The van der Waals surface area contributed by atoms with Crippen LogP contribution >= 0.6 is 23.1 Å². The topological polar surface area (TPSA) is 116 Å². The number of thioether (sulfide) groups is 1. The fourth-order valence-corrected chi connectivity index (χ4v) is 6.42. The highest BCUT2D eigenvalue weighted by molar-refractivity contribution is 7.98. The second-order valence-electron chi connectivity index (χ2n) is 10.5. The van der Waals surface area contributed by atoms with Crippen molar-refractivity contribution in [3.05, 3.63) is 120 Å². The van der Waals surface area contributed by atoms with E-state index >= 15 is 0 Å². The van der Waals surface area contributed by atoms with Crippen molar-refractivity contribution in [1.29, 1.82) is 0 Å². The SMILES string of the molecule is COc1cc(/C=c2\sc3n(c2=O)[C@H](c2ccc(SC)cc2)C(C(=O)OC(C)C)=C(C)N=3)ccc1OCc1cccc(C(=O)O)c1. The smallest absolute Gasteiger partial charge is 0.338 e. The molecule has 0 amide bonds. The number of hydrogen-bond donors (Lipinski definition) is 1. The number of carbonyl (C=O) groups excluding carboxylic acids is 1. The first-order valence-electron chi connectivity index (χ1n) is 14.1. The van der Waals surface area contributed by atoms with Crippen LogP contribution in [0.1, 0.15) is 53.9 Å². The number of carbonyl (C=O) groups is 2. The van der Waals surface area contributed by atoms with Gasteiger partial charge in [0.1, 0.15) is 6.61 Å². The monoisotopic (exact) mass is 644 g/mol. The Labute approximate surface area is 268 Å². The van der Waals surface area contributed by atoms with Crippen molar-refractivity contribution in [1.82, 2.24) is 4.57 Å². The molecule has 1 aliphatic rings. The van der Waals surface area contributed by atoms with Crippen molar-refractivity contribution in [2.75, 3.05) is 13.4 Å². The fraction of sp³-hybridized carbons (Fsp3) is 0.235. The van der Waals surface area contributed by atoms with Crippen molar-refractivity contribution in [3.63, 3.8) is 0 Å². The summed E-state index contributed by atoms with van der Waals surface area (Å²) in [7, 11) is 1.52. The van der Waals surface area contributed by atoms with Gasteiger partial charge in [0.2, 0.25) is 0 Å². The van der Waals surface area contributed by atoms with Crippen molar-refractivity contribution in [2.24, 2.45) is 4.99 Å². The van der Waals surface area contributed by atoms with Crippen molar-refractivity contribution in [3.8, 4) is 11.5 Å². The minimum Gasteiger partial charge on any atom is -0.493 e. The van der Waals surface area contributed by atoms with Crippen LogP contribution in [0.4, 0.5) is 0 Å². The second-order valence-corrected chi connectivity index (χ2v) is 12.4. The van der Waals surface area contributed by atoms with Gasteiger partial charge in [-0.05, 0) is 86.2 Å². The number of aromatic nitrogens is 1. The first-order chi connectivity index (χ1) is 21.6. The highest BCUT2D eigenvalue weighted by atomic mass is 32.2. The summed E-state index contributed by atoms with van der Waals surface area (Å²) in [5.74, 6) is -0.595. The summed E-state index contributed by atoms with van der Waals surface area (Å²) in [4.78, 5) is 44.8. The van der Waals surface area contributed by atoms with Gasteiger partial charge in [-0.1, -0.05) is 41.7 Å². The summed E-state index contributed by atoms with van der Waals surface area (Å²) in [6.45, 7) is 5.48. The molecule has 0 bridgehead atoms. The molecule has 0 saturated heterocycles. The first kappa shape index (κ1) is 31.8. The highest BCUT2D eigenvalue weighted by Gasteiger charge is 2.33. The second kappa shape index (κ2) is 13.6. The lowest BCUT2D eigenvalue weighted by Crippen LogP contribution is -2.40. The number of rotatable bonds is 10. The summed E-state index contributed by atoms with van der Waals surface area (Å²) in [5.41, 5.74) is 2.92. The number of carboxylic acids is 1. The van der Waals surface area contributed by atoms with Gasteiger partial charge in [0, 0.05) is 4.90 Å². The van der Waals surface area contributed by atoms with E-state index in [-0.39, 0.29) is 23.8 Å². The Bertz CT molecular complexity index is 1970. The molecule has 1 aromatic heterocycles. The number of benzene rings is 3. The number of thiazole rings is 1. The quantitative estimate of drug-likeness (QED) is 0.185. The number of nitrogens with zero attached hydrogens (tertiary/aromatic N) is 2. The van der Waals surface area contributed by atoms with Crippen LogP contribution in [0.2, 0.25) is 0 Å². The van der Waals surface area contributed by atoms with Gasteiger partial charge in [-0.2, -0.15) is 0 Å². The maximum Gasteiger partial charge on any atom is 0.338 e. The summed E-state index contributed by atoms with van der Waals surface area (Å²) in [5, 5.41) is 9.26. The molecule has 1 aliphatic heterocycles. The van der Waals surface area contributed by atoms with Gasteiger partial charge >= 0.3 is 11.9 Å². The normalized spacial score (nSPS) is 14.6. The Morgan fingerprint density at radius 3 is 2.51 bits per heavy atom. The largest absolute Gasteiger partial charge is 0.493 e. The molecule has 0 fully saturated rings. The molecule has 0 saturated carbocycles. The third-order valence-electron chi connectivity index (χ3n) is 7.07. The number of ether oxygens (including phenoxy) is 3. The van der Waals surface area contributed by atoms with Crippen LogP contribution in [0, 0.1) is 0 Å².